The summed E-state index contributed by atoms with van der Waals surface area (Å²) in [4.78, 5) is 12.1. The van der Waals surface area contributed by atoms with Gasteiger partial charge < -0.3 is 18.7 Å². The molecule has 0 aliphatic heterocycles. The van der Waals surface area contributed by atoms with Crippen molar-refractivity contribution in [3.8, 4) is 22.8 Å². The van der Waals surface area contributed by atoms with E-state index in [-0.39, 0.29) is 12.4 Å². The quantitative estimate of drug-likeness (QED) is 0.430. The Hall–Kier alpha value is -3.61. The third kappa shape index (κ3) is 5.01. The summed E-state index contributed by atoms with van der Waals surface area (Å²) in [5, 5.41) is 3.95. The molecule has 3 rings (SSSR count). The molecule has 1 aromatic heterocycles. The lowest BCUT2D eigenvalue weighted by molar-refractivity contribution is -0.139. The number of ether oxygens (including phenoxy) is 3. The first-order valence-electron chi connectivity index (χ1n) is 8.79. The van der Waals surface area contributed by atoms with Crippen LogP contribution < -0.4 is 9.47 Å². The third-order valence-electron chi connectivity index (χ3n) is 4.26. The van der Waals surface area contributed by atoms with Gasteiger partial charge in [-0.05, 0) is 55.0 Å². The maximum atomic E-state index is 13.1. The molecule has 0 aliphatic rings. The first-order valence-corrected chi connectivity index (χ1v) is 8.79. The number of hydrogen-bond acceptors (Lipinski definition) is 6. The SMILES string of the molecule is COc1cc(/C=C/C(=O)OCc2noc(-c3ccc(F)cc3)c2C)cc(OC)c1. The number of aromatic nitrogens is 1. The van der Waals surface area contributed by atoms with Crippen molar-refractivity contribution in [2.45, 2.75) is 13.5 Å². The molecule has 3 aromatic rings. The molecule has 0 bridgehead atoms. The van der Waals surface area contributed by atoms with Crippen LogP contribution in [0.5, 0.6) is 11.5 Å². The number of carbonyl (C=O) groups is 1. The number of nitrogens with zero attached hydrogens (tertiary/aromatic N) is 1. The van der Waals surface area contributed by atoms with Crippen LogP contribution in [0.4, 0.5) is 4.39 Å². The van der Waals surface area contributed by atoms with Crippen LogP contribution in [0.2, 0.25) is 0 Å². The van der Waals surface area contributed by atoms with Crippen LogP contribution in [0.15, 0.2) is 53.1 Å². The van der Waals surface area contributed by atoms with Gasteiger partial charge >= 0.3 is 5.97 Å². The van der Waals surface area contributed by atoms with Crippen molar-refractivity contribution in [2.24, 2.45) is 0 Å². The minimum Gasteiger partial charge on any atom is -0.497 e. The van der Waals surface area contributed by atoms with Crippen LogP contribution in [0.25, 0.3) is 17.4 Å². The monoisotopic (exact) mass is 397 g/mol. The second-order valence-electron chi connectivity index (χ2n) is 6.18. The molecule has 0 amide bonds. The van der Waals surface area contributed by atoms with E-state index >= 15 is 0 Å². The van der Waals surface area contributed by atoms with Gasteiger partial charge in [-0.2, -0.15) is 0 Å². The molecule has 0 fully saturated rings. The number of carbonyl (C=O) groups excluding carboxylic acids is 1. The number of rotatable bonds is 7. The molecular weight excluding hydrogens is 377 g/mol. The van der Waals surface area contributed by atoms with E-state index in [2.05, 4.69) is 5.16 Å². The molecule has 7 heteroatoms. The summed E-state index contributed by atoms with van der Waals surface area (Å²) in [5.74, 6) is 0.876. The third-order valence-corrected chi connectivity index (χ3v) is 4.26. The highest BCUT2D eigenvalue weighted by atomic mass is 19.1. The second-order valence-corrected chi connectivity index (χ2v) is 6.18. The molecule has 2 aromatic carbocycles. The zero-order valence-corrected chi connectivity index (χ0v) is 16.3. The van der Waals surface area contributed by atoms with Gasteiger partial charge in [-0.3, -0.25) is 0 Å². The van der Waals surface area contributed by atoms with E-state index in [1.807, 2.05) is 0 Å². The van der Waals surface area contributed by atoms with E-state index in [4.69, 9.17) is 18.7 Å². The highest BCUT2D eigenvalue weighted by Crippen LogP contribution is 2.26. The van der Waals surface area contributed by atoms with Gasteiger partial charge in [0.25, 0.3) is 0 Å². The van der Waals surface area contributed by atoms with Gasteiger partial charge in [0, 0.05) is 23.3 Å². The summed E-state index contributed by atoms with van der Waals surface area (Å²) < 4.78 is 34.0. The smallest absolute Gasteiger partial charge is 0.331 e. The van der Waals surface area contributed by atoms with Crippen LogP contribution >= 0.6 is 0 Å². The van der Waals surface area contributed by atoms with Gasteiger partial charge in [-0.15, -0.1) is 0 Å². The Bertz CT molecular complexity index is 1000. The van der Waals surface area contributed by atoms with E-state index in [1.165, 1.54) is 18.2 Å². The van der Waals surface area contributed by atoms with Gasteiger partial charge in [-0.1, -0.05) is 5.16 Å². The Morgan fingerprint density at radius 2 is 1.76 bits per heavy atom. The fraction of sp³-hybridized carbons (Fsp3) is 0.182. The topological polar surface area (TPSA) is 70.8 Å². The summed E-state index contributed by atoms with van der Waals surface area (Å²) in [5.41, 5.74) is 2.65. The zero-order valence-electron chi connectivity index (χ0n) is 16.3. The van der Waals surface area contributed by atoms with Crippen LogP contribution in [0.3, 0.4) is 0 Å². The predicted molar refractivity (Wildman–Crippen MR) is 105 cm³/mol. The molecule has 6 nitrogen and oxygen atoms in total. The summed E-state index contributed by atoms with van der Waals surface area (Å²) in [6.45, 7) is 1.76. The van der Waals surface area contributed by atoms with E-state index < -0.39 is 5.97 Å². The number of halogens is 1. The molecular formula is C22H20FNO5. The van der Waals surface area contributed by atoms with Crippen LogP contribution in [-0.2, 0) is 16.1 Å². The molecule has 0 atom stereocenters. The Morgan fingerprint density at radius 3 is 2.38 bits per heavy atom. The molecule has 0 unspecified atom stereocenters. The van der Waals surface area contributed by atoms with E-state index in [0.29, 0.717) is 28.5 Å². The summed E-state index contributed by atoms with van der Waals surface area (Å²) in [6.07, 6.45) is 2.91. The van der Waals surface area contributed by atoms with Crippen molar-refractivity contribution >= 4 is 12.0 Å². The number of methoxy groups -OCH3 is 2. The Balaban J connectivity index is 1.64. The van der Waals surface area contributed by atoms with Gasteiger partial charge in [0.15, 0.2) is 5.76 Å². The highest BCUT2D eigenvalue weighted by molar-refractivity contribution is 5.87. The number of hydrogen-bond donors (Lipinski definition) is 0. The Morgan fingerprint density at radius 1 is 1.10 bits per heavy atom. The van der Waals surface area contributed by atoms with Crippen molar-refractivity contribution in [3.05, 3.63) is 71.2 Å². The Labute approximate surface area is 167 Å². The van der Waals surface area contributed by atoms with E-state index in [1.54, 1.807) is 57.6 Å². The largest absolute Gasteiger partial charge is 0.497 e. The molecule has 0 spiro atoms. The van der Waals surface area contributed by atoms with Crippen molar-refractivity contribution in [1.29, 1.82) is 0 Å². The number of benzene rings is 2. The minimum atomic E-state index is -0.530. The second kappa shape index (κ2) is 9.05. The van der Waals surface area contributed by atoms with Gasteiger partial charge in [0.1, 0.15) is 29.6 Å². The summed E-state index contributed by atoms with van der Waals surface area (Å²) in [6, 6.07) is 11.2. The maximum Gasteiger partial charge on any atom is 0.331 e. The first-order chi connectivity index (χ1) is 14.0. The minimum absolute atomic E-state index is 0.0405. The summed E-state index contributed by atoms with van der Waals surface area (Å²) in [7, 11) is 3.11. The molecule has 150 valence electrons. The molecule has 0 saturated carbocycles. The van der Waals surface area contributed by atoms with Crippen LogP contribution in [-0.4, -0.2) is 25.3 Å². The molecule has 1 heterocycles. The molecule has 0 aliphatic carbocycles. The van der Waals surface area contributed by atoms with Crippen LogP contribution in [0, 0.1) is 12.7 Å². The average molecular weight is 397 g/mol. The predicted octanol–water partition coefficient (Wildman–Crippen LogP) is 4.56. The highest BCUT2D eigenvalue weighted by Gasteiger charge is 2.15. The molecule has 29 heavy (non-hydrogen) atoms. The van der Waals surface area contributed by atoms with E-state index in [0.717, 1.165) is 11.1 Å². The number of esters is 1. The van der Waals surface area contributed by atoms with Gasteiger partial charge in [0.2, 0.25) is 0 Å². The normalized spacial score (nSPS) is 10.9. The van der Waals surface area contributed by atoms with Crippen molar-refractivity contribution in [1.82, 2.24) is 5.16 Å². The van der Waals surface area contributed by atoms with E-state index in [9.17, 15) is 9.18 Å². The maximum absolute atomic E-state index is 13.1. The fourth-order valence-corrected chi connectivity index (χ4v) is 2.65. The Kier molecular flexibility index (Phi) is 6.29. The van der Waals surface area contributed by atoms with Gasteiger partial charge in [-0.25, -0.2) is 9.18 Å². The van der Waals surface area contributed by atoms with Crippen molar-refractivity contribution in [3.63, 3.8) is 0 Å². The lowest BCUT2D eigenvalue weighted by Crippen LogP contribution is -2.02. The van der Waals surface area contributed by atoms with Gasteiger partial charge in [0.05, 0.1) is 14.2 Å². The lowest BCUT2D eigenvalue weighted by Gasteiger charge is -2.05. The standard InChI is InChI=1S/C22H20FNO5/c1-14-20(24-29-22(14)16-5-7-17(23)8-6-16)13-28-21(25)9-4-15-10-18(26-2)12-19(11-15)27-3/h4-12H,13H2,1-3H3/b9-4+. The van der Waals surface area contributed by atoms with Crippen molar-refractivity contribution < 1.29 is 27.9 Å². The lowest BCUT2D eigenvalue weighted by atomic mass is 10.1. The first kappa shape index (κ1) is 20.1. The van der Waals surface area contributed by atoms with Crippen molar-refractivity contribution in [2.75, 3.05) is 14.2 Å². The zero-order chi connectivity index (χ0) is 20.8. The summed E-state index contributed by atoms with van der Waals surface area (Å²) >= 11 is 0. The molecule has 0 N–H and O–H groups in total. The molecule has 0 radical (unpaired) electrons. The average Bonchev–Trinajstić information content (AvgIpc) is 3.11. The fourth-order valence-electron chi connectivity index (χ4n) is 2.65. The molecule has 0 saturated heterocycles. The van der Waals surface area contributed by atoms with Crippen LogP contribution in [0.1, 0.15) is 16.8 Å².